The van der Waals surface area contributed by atoms with Crippen molar-refractivity contribution < 1.29 is 58.2 Å². The number of aliphatic hydroxyl groups is 2. The van der Waals surface area contributed by atoms with Gasteiger partial charge in [0.15, 0.2) is 24.6 Å². The summed E-state index contributed by atoms with van der Waals surface area (Å²) in [6.07, 6.45) is 49.4. The third-order valence-corrected chi connectivity index (χ3v) is 13.9. The van der Waals surface area contributed by atoms with Crippen LogP contribution in [0.5, 0.6) is 0 Å². The lowest BCUT2D eigenvalue weighted by Crippen LogP contribution is -2.61. The number of allylic oxidation sites excluding steroid dienone is 8. The number of hydrogen-bond donors (Lipinski definition) is 3. The van der Waals surface area contributed by atoms with Crippen LogP contribution in [0.25, 0.3) is 0 Å². The second-order valence-corrected chi connectivity index (χ2v) is 21.0. The third kappa shape index (κ3) is 41.5. The average molecular weight is 1060 g/mol. The van der Waals surface area contributed by atoms with Gasteiger partial charge in [0.2, 0.25) is 0 Å². The molecule has 0 aromatic rings. The Labute approximate surface area is 456 Å². The first kappa shape index (κ1) is 69.7. The van der Waals surface area contributed by atoms with Crippen molar-refractivity contribution >= 4 is 23.9 Å². The van der Waals surface area contributed by atoms with E-state index in [1.54, 1.807) is 0 Å². The number of ether oxygens (including phenoxy) is 5. The zero-order chi connectivity index (χ0) is 54.7. The Bertz CT molecular complexity index is 1490. The number of carbonyl (C=O) groups is 4. The fourth-order valence-electron chi connectivity index (χ4n) is 9.19. The molecular weight excluding hydrogens is 949 g/mol. The van der Waals surface area contributed by atoms with Crippen LogP contribution in [0.15, 0.2) is 48.6 Å². The minimum Gasteiger partial charge on any atom is -0.479 e. The highest BCUT2D eigenvalue weighted by atomic mass is 16.7. The molecule has 0 radical (unpaired) electrons. The van der Waals surface area contributed by atoms with Gasteiger partial charge >= 0.3 is 23.9 Å². The maximum atomic E-state index is 13.1. The van der Waals surface area contributed by atoms with Crippen LogP contribution >= 0.6 is 0 Å². The second-order valence-electron chi connectivity index (χ2n) is 21.0. The first-order chi connectivity index (χ1) is 36.6. The molecule has 0 aliphatic carbocycles. The van der Waals surface area contributed by atoms with Crippen LogP contribution in [0.2, 0.25) is 0 Å². The monoisotopic (exact) mass is 1060 g/mol. The molecule has 434 valence electrons. The quantitative estimate of drug-likeness (QED) is 0.0228. The molecule has 0 aromatic heterocycles. The van der Waals surface area contributed by atoms with E-state index in [9.17, 15) is 34.5 Å². The molecule has 0 saturated carbocycles. The van der Waals surface area contributed by atoms with Gasteiger partial charge in [0, 0.05) is 19.3 Å². The standard InChI is InChI=1S/C63H110O12/c1-4-7-10-13-16-19-22-24-26-28-30-32-35-37-40-43-46-49-55(64)71-52-54(73-56(65)50-47-44-41-38-34-21-18-15-12-9-6-3)53-72-63-61(59(68)58(67)60(75-63)62(69)70)74-57(66)51-48-45-42-39-36-33-31-29-27-25-23-20-17-14-11-8-5-2/h8,11,15,17-18,20,25,27,54,58-61,63,67-68H,4-7,9-10,12-14,16,19,21-24,26,28-53H2,1-3H3,(H,69,70)/b11-8-,18-15-,20-17-,27-25-. The van der Waals surface area contributed by atoms with Gasteiger partial charge in [0.1, 0.15) is 18.8 Å². The van der Waals surface area contributed by atoms with E-state index in [1.807, 2.05) is 0 Å². The van der Waals surface area contributed by atoms with Crippen molar-refractivity contribution in [2.45, 2.75) is 314 Å². The molecule has 75 heavy (non-hydrogen) atoms. The Morgan fingerprint density at radius 2 is 0.853 bits per heavy atom. The lowest BCUT2D eigenvalue weighted by atomic mass is 9.98. The van der Waals surface area contributed by atoms with E-state index in [-0.39, 0.29) is 25.9 Å². The summed E-state index contributed by atoms with van der Waals surface area (Å²) < 4.78 is 28.4. The highest BCUT2D eigenvalue weighted by Gasteiger charge is 2.50. The van der Waals surface area contributed by atoms with Gasteiger partial charge in [-0.15, -0.1) is 0 Å². The normalized spacial score (nSPS) is 18.4. The molecule has 0 aromatic carbocycles. The molecule has 0 spiro atoms. The zero-order valence-electron chi connectivity index (χ0n) is 47.8. The summed E-state index contributed by atoms with van der Waals surface area (Å²) in [4.78, 5) is 51.1. The Morgan fingerprint density at radius 1 is 0.453 bits per heavy atom. The molecule has 1 aliphatic heterocycles. The predicted octanol–water partition coefficient (Wildman–Crippen LogP) is 15.8. The molecular formula is C63H110O12. The molecule has 12 nitrogen and oxygen atoms in total. The molecule has 6 atom stereocenters. The Kier molecular flexibility index (Phi) is 47.8. The molecule has 1 fully saturated rings. The summed E-state index contributed by atoms with van der Waals surface area (Å²) in [5, 5.41) is 31.5. The Balaban J connectivity index is 2.64. The van der Waals surface area contributed by atoms with E-state index in [4.69, 9.17) is 23.7 Å². The molecule has 0 amide bonds. The molecule has 1 rings (SSSR count). The largest absolute Gasteiger partial charge is 0.479 e. The lowest BCUT2D eigenvalue weighted by Gasteiger charge is -2.40. The van der Waals surface area contributed by atoms with Crippen molar-refractivity contribution in [1.82, 2.24) is 0 Å². The minimum atomic E-state index is -1.91. The van der Waals surface area contributed by atoms with Crippen LogP contribution < -0.4 is 0 Å². The average Bonchev–Trinajstić information content (AvgIpc) is 3.39. The number of rotatable bonds is 52. The van der Waals surface area contributed by atoms with Gasteiger partial charge in [-0.3, -0.25) is 14.4 Å². The number of aliphatic carboxylic acids is 1. The number of aliphatic hydroxyl groups excluding tert-OH is 2. The van der Waals surface area contributed by atoms with Crippen molar-refractivity contribution in [2.75, 3.05) is 13.2 Å². The van der Waals surface area contributed by atoms with Crippen molar-refractivity contribution in [3.8, 4) is 0 Å². The molecule has 0 bridgehead atoms. The number of carboxylic acids is 1. The molecule has 1 aliphatic rings. The summed E-state index contributed by atoms with van der Waals surface area (Å²) >= 11 is 0. The number of esters is 3. The molecule has 12 heteroatoms. The van der Waals surface area contributed by atoms with Gasteiger partial charge in [0.25, 0.3) is 0 Å². The SMILES string of the molecule is CC/C=C\C/C=C\C/C=C\CCCCCCCCCC(=O)OC1C(OCC(COC(=O)CCCCCCCCCCCCCCCCCCC)OC(=O)CCCCCCC/C=C\CCCC)OC(C(=O)O)C(O)C1O. The fraction of sp³-hybridized carbons (Fsp3) is 0.810. The summed E-state index contributed by atoms with van der Waals surface area (Å²) in [6, 6.07) is 0. The highest BCUT2D eigenvalue weighted by Crippen LogP contribution is 2.27. The Hall–Kier alpha value is -3.32. The second kappa shape index (κ2) is 51.4. The van der Waals surface area contributed by atoms with E-state index >= 15 is 0 Å². The zero-order valence-corrected chi connectivity index (χ0v) is 47.8. The first-order valence-corrected chi connectivity index (χ1v) is 30.6. The van der Waals surface area contributed by atoms with Crippen LogP contribution in [0.3, 0.4) is 0 Å². The van der Waals surface area contributed by atoms with Crippen molar-refractivity contribution in [3.05, 3.63) is 48.6 Å². The van der Waals surface area contributed by atoms with E-state index < -0.39 is 67.3 Å². The predicted molar refractivity (Wildman–Crippen MR) is 303 cm³/mol. The minimum absolute atomic E-state index is 0.0499. The van der Waals surface area contributed by atoms with Crippen molar-refractivity contribution in [2.24, 2.45) is 0 Å². The van der Waals surface area contributed by atoms with Crippen LogP contribution in [0.4, 0.5) is 0 Å². The van der Waals surface area contributed by atoms with Gasteiger partial charge in [-0.05, 0) is 70.6 Å². The Morgan fingerprint density at radius 3 is 1.33 bits per heavy atom. The summed E-state index contributed by atoms with van der Waals surface area (Å²) in [5.41, 5.74) is 0. The maximum absolute atomic E-state index is 13.1. The highest BCUT2D eigenvalue weighted by molar-refractivity contribution is 5.74. The van der Waals surface area contributed by atoms with Crippen molar-refractivity contribution in [1.29, 1.82) is 0 Å². The summed E-state index contributed by atoms with van der Waals surface area (Å²) in [5.74, 6) is -3.12. The van der Waals surface area contributed by atoms with E-state index in [2.05, 4.69) is 69.4 Å². The van der Waals surface area contributed by atoms with Crippen LogP contribution in [-0.4, -0.2) is 89.2 Å². The number of unbranched alkanes of at least 4 members (excludes halogenated alkanes) is 30. The van der Waals surface area contributed by atoms with Gasteiger partial charge in [-0.25, -0.2) is 4.79 Å². The number of carboxylic acid groups (broad SMARTS) is 1. The number of hydrogen-bond acceptors (Lipinski definition) is 11. The lowest BCUT2D eigenvalue weighted by molar-refractivity contribution is -0.301. The van der Waals surface area contributed by atoms with Gasteiger partial charge in [-0.2, -0.15) is 0 Å². The first-order valence-electron chi connectivity index (χ1n) is 30.6. The molecule has 1 saturated heterocycles. The van der Waals surface area contributed by atoms with Gasteiger partial charge in [0.05, 0.1) is 6.61 Å². The van der Waals surface area contributed by atoms with Crippen molar-refractivity contribution in [3.63, 3.8) is 0 Å². The summed E-state index contributed by atoms with van der Waals surface area (Å²) in [6.45, 7) is 5.86. The fourth-order valence-corrected chi connectivity index (χ4v) is 9.19. The van der Waals surface area contributed by atoms with Crippen LogP contribution in [0.1, 0.15) is 278 Å². The molecule has 1 heterocycles. The maximum Gasteiger partial charge on any atom is 0.335 e. The number of carbonyl (C=O) groups excluding carboxylic acids is 3. The van der Waals surface area contributed by atoms with E-state index in [0.717, 1.165) is 122 Å². The smallest absolute Gasteiger partial charge is 0.335 e. The molecule has 6 unspecified atom stereocenters. The van der Waals surface area contributed by atoms with Gasteiger partial charge in [-0.1, -0.05) is 236 Å². The molecule has 3 N–H and O–H groups in total. The van der Waals surface area contributed by atoms with Gasteiger partial charge < -0.3 is 39.0 Å². The van der Waals surface area contributed by atoms with E-state index in [0.29, 0.717) is 19.3 Å². The van der Waals surface area contributed by atoms with E-state index in [1.165, 1.54) is 96.3 Å². The topological polar surface area (TPSA) is 175 Å². The van der Waals surface area contributed by atoms with Crippen LogP contribution in [-0.2, 0) is 42.9 Å². The third-order valence-electron chi connectivity index (χ3n) is 13.9. The summed E-state index contributed by atoms with van der Waals surface area (Å²) in [7, 11) is 0. The van der Waals surface area contributed by atoms with Crippen LogP contribution in [0, 0.1) is 0 Å².